The van der Waals surface area contributed by atoms with Gasteiger partial charge in [-0.25, -0.2) is 0 Å². The molecule has 0 amide bonds. The van der Waals surface area contributed by atoms with Gasteiger partial charge in [-0.1, -0.05) is 0 Å². The van der Waals surface area contributed by atoms with E-state index in [0.717, 1.165) is 0 Å². The molecule has 37 heavy (non-hydrogen) atoms. The average molecular weight is 548 g/mol. The van der Waals surface area contributed by atoms with Gasteiger partial charge < -0.3 is 85.2 Å². The van der Waals surface area contributed by atoms with E-state index >= 15 is 0 Å². The van der Waals surface area contributed by atoms with Crippen LogP contribution in [-0.2, 0) is 28.4 Å². The summed E-state index contributed by atoms with van der Waals surface area (Å²) in [5, 5.41) is 101. The van der Waals surface area contributed by atoms with Crippen molar-refractivity contribution in [2.75, 3.05) is 33.0 Å². The molecule has 0 aromatic carbocycles. The summed E-state index contributed by atoms with van der Waals surface area (Å²) in [6.07, 6.45) is -23.9. The van der Waals surface area contributed by atoms with E-state index in [0.29, 0.717) is 0 Å². The lowest BCUT2D eigenvalue weighted by molar-refractivity contribution is -0.365. The smallest absolute Gasteiger partial charge is 0.187 e. The van der Waals surface area contributed by atoms with E-state index in [1.165, 1.54) is 0 Å². The van der Waals surface area contributed by atoms with Crippen LogP contribution in [0.4, 0.5) is 0 Å². The van der Waals surface area contributed by atoms with Crippen molar-refractivity contribution in [2.45, 2.75) is 92.1 Å². The molecule has 0 aromatic rings. The van der Waals surface area contributed by atoms with Crippen LogP contribution >= 0.6 is 0 Å². The van der Waals surface area contributed by atoms with Gasteiger partial charge in [-0.2, -0.15) is 0 Å². The molecule has 0 aliphatic carbocycles. The van der Waals surface area contributed by atoms with Crippen LogP contribution in [0.2, 0.25) is 0 Å². The number of aliphatic hydroxyl groups is 10. The Morgan fingerprint density at radius 3 is 1.57 bits per heavy atom. The van der Waals surface area contributed by atoms with Crippen molar-refractivity contribution >= 4 is 0 Å². The molecule has 3 saturated heterocycles. The van der Waals surface area contributed by atoms with Crippen molar-refractivity contribution in [2.24, 2.45) is 5.73 Å². The van der Waals surface area contributed by atoms with Crippen LogP contribution < -0.4 is 5.73 Å². The van der Waals surface area contributed by atoms with Crippen molar-refractivity contribution in [3.63, 3.8) is 0 Å². The zero-order valence-corrected chi connectivity index (χ0v) is 19.7. The minimum absolute atomic E-state index is 0.0411. The van der Waals surface area contributed by atoms with Crippen molar-refractivity contribution in [3.8, 4) is 0 Å². The Balaban J connectivity index is 1.73. The van der Waals surface area contributed by atoms with E-state index in [1.807, 2.05) is 0 Å². The van der Waals surface area contributed by atoms with Gasteiger partial charge >= 0.3 is 0 Å². The third kappa shape index (κ3) is 6.73. The molecule has 0 bridgehead atoms. The fourth-order valence-corrected chi connectivity index (χ4v) is 4.25. The summed E-state index contributed by atoms with van der Waals surface area (Å²) in [5.41, 5.74) is 5.43. The second kappa shape index (κ2) is 13.6. The third-order valence-corrected chi connectivity index (χ3v) is 6.45. The summed E-state index contributed by atoms with van der Waals surface area (Å²) in [5.74, 6) is 0. The summed E-state index contributed by atoms with van der Waals surface area (Å²) >= 11 is 0. The van der Waals surface area contributed by atoms with Crippen LogP contribution in [0.3, 0.4) is 0 Å². The fourth-order valence-electron chi connectivity index (χ4n) is 4.25. The first-order chi connectivity index (χ1) is 17.5. The first-order valence-electron chi connectivity index (χ1n) is 11.8. The van der Waals surface area contributed by atoms with Crippen molar-refractivity contribution in [1.29, 1.82) is 0 Å². The van der Waals surface area contributed by atoms with E-state index in [1.54, 1.807) is 0 Å². The number of hydrogen-bond donors (Lipinski definition) is 11. The first kappa shape index (κ1) is 30.9. The molecule has 218 valence electrons. The molecule has 3 rings (SSSR count). The highest BCUT2D eigenvalue weighted by Gasteiger charge is 2.52. The summed E-state index contributed by atoms with van der Waals surface area (Å²) in [6.45, 7) is -2.01. The van der Waals surface area contributed by atoms with E-state index in [-0.39, 0.29) is 13.2 Å². The molecule has 3 aliphatic rings. The van der Waals surface area contributed by atoms with E-state index in [2.05, 4.69) is 0 Å². The van der Waals surface area contributed by atoms with Gasteiger partial charge in [-0.05, 0) is 0 Å². The molecule has 12 N–H and O–H groups in total. The largest absolute Gasteiger partial charge is 0.394 e. The molecule has 0 aromatic heterocycles. The molecule has 3 aliphatic heterocycles. The molecule has 3 fully saturated rings. The number of hydrogen-bond acceptors (Lipinski definition) is 17. The highest BCUT2D eigenvalue weighted by Crippen LogP contribution is 2.30. The predicted molar refractivity (Wildman–Crippen MR) is 114 cm³/mol. The average Bonchev–Trinajstić information content (AvgIpc) is 2.89. The van der Waals surface area contributed by atoms with Crippen LogP contribution in [0.1, 0.15) is 0 Å². The third-order valence-electron chi connectivity index (χ3n) is 6.45. The van der Waals surface area contributed by atoms with Gasteiger partial charge in [0.1, 0.15) is 73.2 Å². The molecule has 15 atom stereocenters. The van der Waals surface area contributed by atoms with Gasteiger partial charge in [0.05, 0.1) is 26.4 Å². The topological polar surface area (TPSA) is 284 Å². The molecule has 17 heteroatoms. The van der Waals surface area contributed by atoms with Crippen LogP contribution in [-0.4, -0.2) is 176 Å². The minimum Gasteiger partial charge on any atom is -0.394 e. The maximum atomic E-state index is 10.9. The molecule has 3 heterocycles. The van der Waals surface area contributed by atoms with E-state index < -0.39 is 112 Å². The molecule has 0 unspecified atom stereocenters. The van der Waals surface area contributed by atoms with Crippen LogP contribution in [0.25, 0.3) is 0 Å². The summed E-state index contributed by atoms with van der Waals surface area (Å²) in [4.78, 5) is 0. The van der Waals surface area contributed by atoms with E-state index in [4.69, 9.17) is 34.2 Å². The van der Waals surface area contributed by atoms with Gasteiger partial charge in [-0.3, -0.25) is 0 Å². The SMILES string of the molecule is NCCO[C@@H]1O[C@H](CO[C@H]2O[C@H](CO)[C@@H](O)[C@H](O)[C@@H]2O)[C@@H](O)[C@H](O[C@H]2O[C@H](CO)[C@@H](O)[C@H](O)[C@@H]2O)[C@H]1O. The zero-order valence-electron chi connectivity index (χ0n) is 19.7. The van der Waals surface area contributed by atoms with E-state index in [9.17, 15) is 51.1 Å². The fraction of sp³-hybridized carbons (Fsp3) is 1.00. The summed E-state index contributed by atoms with van der Waals surface area (Å²) in [6, 6.07) is 0. The lowest BCUT2D eigenvalue weighted by atomic mass is 9.96. The Kier molecular flexibility index (Phi) is 11.3. The Bertz CT molecular complexity index is 689. The lowest BCUT2D eigenvalue weighted by Crippen LogP contribution is -2.65. The van der Waals surface area contributed by atoms with Gasteiger partial charge in [0, 0.05) is 6.54 Å². The Labute approximate surface area is 211 Å². The highest BCUT2D eigenvalue weighted by atomic mass is 16.7. The van der Waals surface area contributed by atoms with Crippen molar-refractivity contribution < 1.29 is 79.5 Å². The maximum Gasteiger partial charge on any atom is 0.187 e. The van der Waals surface area contributed by atoms with Gasteiger partial charge in [0.2, 0.25) is 0 Å². The zero-order chi connectivity index (χ0) is 27.4. The quantitative estimate of drug-likeness (QED) is 0.121. The van der Waals surface area contributed by atoms with Gasteiger partial charge in [-0.15, -0.1) is 0 Å². The predicted octanol–water partition coefficient (Wildman–Crippen LogP) is -7.59. The van der Waals surface area contributed by atoms with Crippen molar-refractivity contribution in [1.82, 2.24) is 0 Å². The van der Waals surface area contributed by atoms with Gasteiger partial charge in [0.25, 0.3) is 0 Å². The second-order valence-corrected chi connectivity index (χ2v) is 9.01. The van der Waals surface area contributed by atoms with Crippen LogP contribution in [0.5, 0.6) is 0 Å². The molecule has 17 nitrogen and oxygen atoms in total. The van der Waals surface area contributed by atoms with Gasteiger partial charge in [0.15, 0.2) is 18.9 Å². The summed E-state index contributed by atoms with van der Waals surface area (Å²) in [7, 11) is 0. The lowest BCUT2D eigenvalue weighted by Gasteiger charge is -2.46. The maximum absolute atomic E-state index is 10.9. The van der Waals surface area contributed by atoms with Crippen LogP contribution in [0, 0.1) is 0 Å². The molecule has 0 radical (unpaired) electrons. The van der Waals surface area contributed by atoms with Crippen molar-refractivity contribution in [3.05, 3.63) is 0 Å². The Hall–Kier alpha value is -0.680. The standard InChI is InChI=1S/C20H37NO16/c21-1-2-32-19-16(31)17(37-20-15(30)13(28)10(25)7(4-23)35-20)11(26)8(36-19)5-33-18-14(29)12(27)9(24)6(3-22)34-18/h6-20,22-31H,1-5,21H2/t6-,7-,8-,9-,10-,11-,12+,13+,14+,15+,16-,17+,18+,19-,20-/m1/s1. The van der Waals surface area contributed by atoms with Crippen LogP contribution in [0.15, 0.2) is 0 Å². The molecular formula is C20H37NO16. The monoisotopic (exact) mass is 547 g/mol. The number of ether oxygens (including phenoxy) is 6. The first-order valence-corrected chi connectivity index (χ1v) is 11.8. The molecule has 0 spiro atoms. The highest BCUT2D eigenvalue weighted by molar-refractivity contribution is 4.95. The second-order valence-electron chi connectivity index (χ2n) is 9.01. The Morgan fingerprint density at radius 1 is 0.541 bits per heavy atom. The number of rotatable bonds is 10. The normalized spacial score (nSPS) is 49.2. The summed E-state index contributed by atoms with van der Waals surface area (Å²) < 4.78 is 32.4. The minimum atomic E-state index is -1.83. The molecular weight excluding hydrogens is 510 g/mol. The molecule has 0 saturated carbocycles. The number of nitrogens with two attached hydrogens (primary N) is 1. The number of aliphatic hydroxyl groups excluding tert-OH is 10. The Morgan fingerprint density at radius 2 is 1.03 bits per heavy atom.